The Balaban J connectivity index is 2.10. The van der Waals surface area contributed by atoms with Gasteiger partial charge < -0.3 is 5.73 Å². The quantitative estimate of drug-likeness (QED) is 0.792. The lowest BCUT2D eigenvalue weighted by molar-refractivity contribution is 0.557. The Kier molecular flexibility index (Phi) is 4.97. The van der Waals surface area contributed by atoms with Gasteiger partial charge in [0.25, 0.3) is 0 Å². The van der Waals surface area contributed by atoms with Gasteiger partial charge >= 0.3 is 0 Å². The van der Waals surface area contributed by atoms with Crippen LogP contribution >= 0.6 is 15.9 Å². The van der Waals surface area contributed by atoms with Crippen molar-refractivity contribution < 1.29 is 12.8 Å². The summed E-state index contributed by atoms with van der Waals surface area (Å²) in [5, 5.41) is 0. The molecule has 2 aromatic rings. The van der Waals surface area contributed by atoms with E-state index in [4.69, 9.17) is 5.73 Å². The molecule has 7 heteroatoms. The van der Waals surface area contributed by atoms with E-state index >= 15 is 0 Å². The van der Waals surface area contributed by atoms with Crippen LogP contribution in [-0.2, 0) is 16.4 Å². The molecule has 21 heavy (non-hydrogen) atoms. The molecule has 112 valence electrons. The van der Waals surface area contributed by atoms with Crippen LogP contribution in [0.1, 0.15) is 5.56 Å². The van der Waals surface area contributed by atoms with E-state index in [1.165, 1.54) is 0 Å². The maximum atomic E-state index is 13.8. The molecular formula is C14H14BrFN2O2S. The molecule has 0 radical (unpaired) electrons. The highest BCUT2D eigenvalue weighted by molar-refractivity contribution is 9.10. The maximum Gasteiger partial charge on any atom is 0.243 e. The van der Waals surface area contributed by atoms with Crippen molar-refractivity contribution in [3.63, 3.8) is 0 Å². The highest BCUT2D eigenvalue weighted by atomic mass is 79.9. The van der Waals surface area contributed by atoms with E-state index in [2.05, 4.69) is 20.7 Å². The highest BCUT2D eigenvalue weighted by Gasteiger charge is 2.20. The lowest BCUT2D eigenvalue weighted by atomic mass is 10.2. The van der Waals surface area contributed by atoms with Crippen LogP contribution < -0.4 is 10.5 Å². The minimum atomic E-state index is -3.93. The fourth-order valence-electron chi connectivity index (χ4n) is 1.80. The van der Waals surface area contributed by atoms with Gasteiger partial charge in [0.1, 0.15) is 10.7 Å². The molecule has 0 amide bonds. The lowest BCUT2D eigenvalue weighted by Crippen LogP contribution is -2.27. The Bertz CT molecular complexity index is 736. The average Bonchev–Trinajstić information content (AvgIpc) is 2.43. The van der Waals surface area contributed by atoms with E-state index in [-0.39, 0.29) is 12.2 Å². The van der Waals surface area contributed by atoms with Crippen LogP contribution in [0.15, 0.2) is 51.8 Å². The molecule has 0 aliphatic carbocycles. The largest absolute Gasteiger partial charge is 0.398 e. The minimum absolute atomic E-state index is 0.167. The second kappa shape index (κ2) is 6.55. The number of halogens is 2. The standard InChI is InChI=1S/C14H14BrFN2O2S/c15-11-8-12(16)14(9-13(11)17)21(19,20)18-7-6-10-4-2-1-3-5-10/h1-5,8-9,18H,6-7,17H2. The lowest BCUT2D eigenvalue weighted by Gasteiger charge is -2.09. The van der Waals surface area contributed by atoms with Crippen LogP contribution in [-0.4, -0.2) is 15.0 Å². The van der Waals surface area contributed by atoms with Crippen LogP contribution in [0.5, 0.6) is 0 Å². The number of sulfonamides is 1. The van der Waals surface area contributed by atoms with Gasteiger partial charge in [-0.05, 0) is 40.0 Å². The topological polar surface area (TPSA) is 72.2 Å². The highest BCUT2D eigenvalue weighted by Crippen LogP contribution is 2.25. The SMILES string of the molecule is Nc1cc(S(=O)(=O)NCCc2ccccc2)c(F)cc1Br. The summed E-state index contributed by atoms with van der Waals surface area (Å²) in [7, 11) is -3.93. The third-order valence-electron chi connectivity index (χ3n) is 2.89. The molecule has 0 unspecified atom stereocenters. The summed E-state index contributed by atoms with van der Waals surface area (Å²) in [5.74, 6) is -0.844. The Hall–Kier alpha value is -1.44. The van der Waals surface area contributed by atoms with Gasteiger partial charge in [0.2, 0.25) is 10.0 Å². The van der Waals surface area contributed by atoms with Crippen LogP contribution in [0.4, 0.5) is 10.1 Å². The maximum absolute atomic E-state index is 13.8. The second-order valence-electron chi connectivity index (χ2n) is 4.44. The molecule has 0 aliphatic heterocycles. The van der Waals surface area contributed by atoms with Crippen molar-refractivity contribution in [2.24, 2.45) is 0 Å². The summed E-state index contributed by atoms with van der Waals surface area (Å²) < 4.78 is 40.6. The average molecular weight is 373 g/mol. The van der Waals surface area contributed by atoms with Crippen molar-refractivity contribution in [3.8, 4) is 0 Å². The fraction of sp³-hybridized carbons (Fsp3) is 0.143. The molecule has 2 rings (SSSR count). The third-order valence-corrected chi connectivity index (χ3v) is 5.05. The van der Waals surface area contributed by atoms with Gasteiger partial charge in [-0.15, -0.1) is 0 Å². The van der Waals surface area contributed by atoms with Gasteiger partial charge in [-0.3, -0.25) is 0 Å². The number of benzene rings is 2. The number of hydrogen-bond donors (Lipinski definition) is 2. The predicted octanol–water partition coefficient (Wildman–Crippen LogP) is 2.69. The van der Waals surface area contributed by atoms with E-state index in [9.17, 15) is 12.8 Å². The zero-order valence-corrected chi connectivity index (χ0v) is 13.4. The molecule has 0 aromatic heterocycles. The molecule has 2 aromatic carbocycles. The molecule has 0 aliphatic rings. The summed E-state index contributed by atoms with van der Waals surface area (Å²) in [6, 6.07) is 11.6. The first-order chi connectivity index (χ1) is 9.90. The number of nitrogens with two attached hydrogens (primary N) is 1. The summed E-state index contributed by atoms with van der Waals surface area (Å²) in [6.07, 6.45) is 0.522. The molecule has 0 atom stereocenters. The predicted molar refractivity (Wildman–Crippen MR) is 83.8 cm³/mol. The van der Waals surface area contributed by atoms with Gasteiger partial charge in [-0.1, -0.05) is 30.3 Å². The van der Waals surface area contributed by atoms with Crippen molar-refractivity contribution in [1.29, 1.82) is 0 Å². The van der Waals surface area contributed by atoms with Gasteiger partial charge in [-0.2, -0.15) is 0 Å². The van der Waals surface area contributed by atoms with Gasteiger partial charge in [-0.25, -0.2) is 17.5 Å². The normalized spacial score (nSPS) is 11.5. The van der Waals surface area contributed by atoms with Gasteiger partial charge in [0.15, 0.2) is 0 Å². The van der Waals surface area contributed by atoms with Crippen molar-refractivity contribution in [3.05, 3.63) is 58.3 Å². The monoisotopic (exact) mass is 372 g/mol. The first-order valence-electron chi connectivity index (χ1n) is 6.18. The third kappa shape index (κ3) is 4.03. The summed E-state index contributed by atoms with van der Waals surface area (Å²) in [6.45, 7) is 0.182. The molecular weight excluding hydrogens is 359 g/mol. The van der Waals surface area contributed by atoms with Crippen LogP contribution in [0.2, 0.25) is 0 Å². The Labute approximate surface area is 131 Å². The number of nitrogen functional groups attached to an aromatic ring is 1. The first-order valence-corrected chi connectivity index (χ1v) is 8.46. The number of anilines is 1. The minimum Gasteiger partial charge on any atom is -0.398 e. The molecule has 0 spiro atoms. The smallest absolute Gasteiger partial charge is 0.243 e. The second-order valence-corrected chi connectivity index (χ2v) is 7.03. The van der Waals surface area contributed by atoms with Gasteiger partial charge in [0.05, 0.1) is 0 Å². The Morgan fingerprint density at radius 3 is 2.52 bits per heavy atom. The first kappa shape index (κ1) is 15.9. The zero-order valence-electron chi connectivity index (χ0n) is 11.0. The molecule has 4 nitrogen and oxygen atoms in total. The van der Waals surface area contributed by atoms with Crippen molar-refractivity contribution in [2.45, 2.75) is 11.3 Å². The molecule has 0 saturated heterocycles. The summed E-state index contributed by atoms with van der Waals surface area (Å²) >= 11 is 3.05. The van der Waals surface area contributed by atoms with E-state index in [0.717, 1.165) is 17.7 Å². The van der Waals surface area contributed by atoms with E-state index in [1.54, 1.807) is 0 Å². The zero-order chi connectivity index (χ0) is 15.5. The molecule has 0 heterocycles. The van der Waals surface area contributed by atoms with Crippen LogP contribution in [0.3, 0.4) is 0 Å². The molecule has 0 fully saturated rings. The van der Waals surface area contributed by atoms with Crippen LogP contribution in [0.25, 0.3) is 0 Å². The van der Waals surface area contributed by atoms with Gasteiger partial charge in [0, 0.05) is 16.7 Å². The van der Waals surface area contributed by atoms with Crippen molar-refractivity contribution in [1.82, 2.24) is 4.72 Å². The molecule has 0 saturated carbocycles. The Morgan fingerprint density at radius 2 is 1.86 bits per heavy atom. The summed E-state index contributed by atoms with van der Waals surface area (Å²) in [5.41, 5.74) is 6.76. The molecule has 0 bridgehead atoms. The van der Waals surface area contributed by atoms with Crippen LogP contribution in [0, 0.1) is 5.82 Å². The number of hydrogen-bond acceptors (Lipinski definition) is 3. The molecule has 3 N–H and O–H groups in total. The fourth-order valence-corrected chi connectivity index (χ4v) is 3.24. The van der Waals surface area contributed by atoms with E-state index < -0.39 is 20.7 Å². The van der Waals surface area contributed by atoms with E-state index in [1.807, 2.05) is 30.3 Å². The van der Waals surface area contributed by atoms with E-state index in [0.29, 0.717) is 10.9 Å². The Morgan fingerprint density at radius 1 is 1.19 bits per heavy atom. The van der Waals surface area contributed by atoms with Crippen molar-refractivity contribution in [2.75, 3.05) is 12.3 Å². The summed E-state index contributed by atoms with van der Waals surface area (Å²) in [4.78, 5) is -0.448. The van der Waals surface area contributed by atoms with Crippen molar-refractivity contribution >= 4 is 31.6 Å². The number of rotatable bonds is 5. The number of nitrogens with one attached hydrogen (secondary N) is 1.